The number of pyridine rings is 2. The van der Waals surface area contributed by atoms with Crippen LogP contribution in [0.3, 0.4) is 0 Å². The quantitative estimate of drug-likeness (QED) is 0.680. The predicted molar refractivity (Wildman–Crippen MR) is 89.4 cm³/mol. The molecular weight excluding hydrogens is 328 g/mol. The minimum Gasteiger partial charge on any atom is -0.465 e. The molecule has 6 nitrogen and oxygen atoms in total. The number of fused-ring (bicyclic) bond motifs is 1. The number of rotatable bonds is 3. The number of ether oxygens (including phenoxy) is 1. The Bertz CT molecular complexity index is 1050. The molecule has 0 bridgehead atoms. The van der Waals surface area contributed by atoms with Crippen molar-refractivity contribution in [3.8, 4) is 11.3 Å². The molecule has 2 aromatic heterocycles. The Hall–Kier alpha value is -2.80. The minimum atomic E-state index is -3.49. The molecule has 0 aliphatic heterocycles. The van der Waals surface area contributed by atoms with Crippen molar-refractivity contribution in [3.63, 3.8) is 0 Å². The highest BCUT2D eigenvalue weighted by molar-refractivity contribution is 7.90. The van der Waals surface area contributed by atoms with E-state index >= 15 is 0 Å². The second-order valence-electron chi connectivity index (χ2n) is 5.19. The molecule has 3 rings (SSSR count). The normalized spacial score (nSPS) is 11.4. The number of sulfone groups is 1. The summed E-state index contributed by atoms with van der Waals surface area (Å²) >= 11 is 0. The standard InChI is InChI=1S/C17H14N2O4S/c1-23-17(20)12-10-14-13(7-5-9-18-14)19-16(12)11-6-3-4-8-15(11)24(2,21)22/h3-10H,1-2H3. The average Bonchev–Trinajstić information content (AvgIpc) is 2.59. The zero-order valence-electron chi connectivity index (χ0n) is 13.1. The maximum Gasteiger partial charge on any atom is 0.340 e. The number of hydrogen-bond acceptors (Lipinski definition) is 6. The van der Waals surface area contributed by atoms with E-state index in [1.807, 2.05) is 0 Å². The number of esters is 1. The van der Waals surface area contributed by atoms with Crippen molar-refractivity contribution in [2.24, 2.45) is 0 Å². The molecule has 0 fully saturated rings. The Kier molecular flexibility index (Phi) is 4.02. The van der Waals surface area contributed by atoms with Crippen LogP contribution in [0.15, 0.2) is 53.6 Å². The molecule has 1 aromatic carbocycles. The van der Waals surface area contributed by atoms with Crippen molar-refractivity contribution in [3.05, 3.63) is 54.2 Å². The van der Waals surface area contributed by atoms with Crippen LogP contribution in [0.2, 0.25) is 0 Å². The number of methoxy groups -OCH3 is 1. The molecule has 0 aliphatic rings. The van der Waals surface area contributed by atoms with Crippen LogP contribution in [0.5, 0.6) is 0 Å². The largest absolute Gasteiger partial charge is 0.465 e. The topological polar surface area (TPSA) is 86.2 Å². The van der Waals surface area contributed by atoms with E-state index in [9.17, 15) is 13.2 Å². The van der Waals surface area contributed by atoms with Crippen LogP contribution in [0.1, 0.15) is 10.4 Å². The number of nitrogens with zero attached hydrogens (tertiary/aromatic N) is 2. The maximum atomic E-state index is 12.2. The average molecular weight is 342 g/mol. The summed E-state index contributed by atoms with van der Waals surface area (Å²) in [5, 5.41) is 0. The smallest absolute Gasteiger partial charge is 0.340 e. The van der Waals surface area contributed by atoms with Crippen molar-refractivity contribution < 1.29 is 17.9 Å². The molecule has 0 unspecified atom stereocenters. The van der Waals surface area contributed by atoms with Crippen molar-refractivity contribution in [1.29, 1.82) is 0 Å². The maximum absolute atomic E-state index is 12.2. The number of carbonyl (C=O) groups is 1. The molecule has 0 amide bonds. The highest BCUT2D eigenvalue weighted by Gasteiger charge is 2.22. The minimum absolute atomic E-state index is 0.103. The van der Waals surface area contributed by atoms with E-state index in [1.54, 1.807) is 42.6 Å². The Morgan fingerprint density at radius 3 is 2.54 bits per heavy atom. The lowest BCUT2D eigenvalue weighted by atomic mass is 10.0. The number of hydrogen-bond donors (Lipinski definition) is 0. The van der Waals surface area contributed by atoms with Crippen molar-refractivity contribution >= 4 is 26.8 Å². The Balaban J connectivity index is 2.40. The Morgan fingerprint density at radius 2 is 1.83 bits per heavy atom. The first kappa shape index (κ1) is 16.1. The van der Waals surface area contributed by atoms with Gasteiger partial charge >= 0.3 is 5.97 Å². The summed E-state index contributed by atoms with van der Waals surface area (Å²) in [5.41, 5.74) is 1.86. The van der Waals surface area contributed by atoms with Crippen LogP contribution in [-0.2, 0) is 14.6 Å². The van der Waals surface area contributed by atoms with Crippen LogP contribution in [0.25, 0.3) is 22.3 Å². The van der Waals surface area contributed by atoms with Crippen LogP contribution in [0.4, 0.5) is 0 Å². The van der Waals surface area contributed by atoms with Gasteiger partial charge in [0.2, 0.25) is 0 Å². The number of aromatic nitrogens is 2. The first-order chi connectivity index (χ1) is 11.4. The lowest BCUT2D eigenvalue weighted by molar-refractivity contribution is 0.0601. The molecule has 0 N–H and O–H groups in total. The van der Waals surface area contributed by atoms with Gasteiger partial charge in [0, 0.05) is 18.0 Å². The Morgan fingerprint density at radius 1 is 1.08 bits per heavy atom. The van der Waals surface area contributed by atoms with Gasteiger partial charge in [-0.15, -0.1) is 0 Å². The molecule has 3 aromatic rings. The monoisotopic (exact) mass is 342 g/mol. The molecule has 0 radical (unpaired) electrons. The molecule has 7 heteroatoms. The molecule has 0 atom stereocenters. The fourth-order valence-electron chi connectivity index (χ4n) is 2.46. The van der Waals surface area contributed by atoms with Gasteiger partial charge in [-0.1, -0.05) is 18.2 Å². The van der Waals surface area contributed by atoms with E-state index in [0.717, 1.165) is 6.26 Å². The van der Waals surface area contributed by atoms with Gasteiger partial charge in [0.05, 0.1) is 34.3 Å². The number of benzene rings is 1. The second kappa shape index (κ2) is 6.01. The summed E-state index contributed by atoms with van der Waals surface area (Å²) in [7, 11) is -2.23. The van der Waals surface area contributed by atoms with Gasteiger partial charge in [0.15, 0.2) is 9.84 Å². The van der Waals surface area contributed by atoms with Crippen LogP contribution in [0, 0.1) is 0 Å². The summed E-state index contributed by atoms with van der Waals surface area (Å²) < 4.78 is 29.0. The van der Waals surface area contributed by atoms with Gasteiger partial charge < -0.3 is 4.74 Å². The fourth-order valence-corrected chi connectivity index (χ4v) is 3.35. The summed E-state index contributed by atoms with van der Waals surface area (Å²) in [4.78, 5) is 20.9. The number of carbonyl (C=O) groups excluding carboxylic acids is 1. The van der Waals surface area contributed by atoms with Crippen LogP contribution < -0.4 is 0 Å². The molecule has 0 saturated carbocycles. The van der Waals surface area contributed by atoms with E-state index in [1.165, 1.54) is 13.2 Å². The zero-order valence-corrected chi connectivity index (χ0v) is 13.9. The highest BCUT2D eigenvalue weighted by atomic mass is 32.2. The van der Waals surface area contributed by atoms with Crippen molar-refractivity contribution in [2.75, 3.05) is 13.4 Å². The molecule has 122 valence electrons. The Labute approximate surface area is 139 Å². The van der Waals surface area contributed by atoms with Gasteiger partial charge in [0.1, 0.15) is 0 Å². The lowest BCUT2D eigenvalue weighted by Crippen LogP contribution is -2.08. The molecular formula is C17H14N2O4S. The van der Waals surface area contributed by atoms with Gasteiger partial charge in [-0.25, -0.2) is 18.2 Å². The zero-order chi connectivity index (χ0) is 17.3. The molecule has 0 saturated heterocycles. The second-order valence-corrected chi connectivity index (χ2v) is 7.17. The van der Waals surface area contributed by atoms with Crippen LogP contribution >= 0.6 is 0 Å². The predicted octanol–water partition coefficient (Wildman–Crippen LogP) is 2.49. The molecule has 24 heavy (non-hydrogen) atoms. The third-order valence-electron chi connectivity index (χ3n) is 3.53. The SMILES string of the molecule is COC(=O)c1cc2ncccc2nc1-c1ccccc1S(C)(=O)=O. The third-order valence-corrected chi connectivity index (χ3v) is 4.69. The molecule has 2 heterocycles. The van der Waals surface area contributed by atoms with Crippen molar-refractivity contribution in [1.82, 2.24) is 9.97 Å². The van der Waals surface area contributed by atoms with Gasteiger partial charge in [0.25, 0.3) is 0 Å². The van der Waals surface area contributed by atoms with Crippen LogP contribution in [-0.4, -0.2) is 37.7 Å². The fraction of sp³-hybridized carbons (Fsp3) is 0.118. The van der Waals surface area contributed by atoms with E-state index in [0.29, 0.717) is 16.6 Å². The first-order valence-electron chi connectivity index (χ1n) is 7.05. The third kappa shape index (κ3) is 2.85. The van der Waals surface area contributed by atoms with Gasteiger partial charge in [-0.2, -0.15) is 0 Å². The van der Waals surface area contributed by atoms with E-state index in [-0.39, 0.29) is 16.2 Å². The van der Waals surface area contributed by atoms with E-state index in [4.69, 9.17) is 4.74 Å². The highest BCUT2D eigenvalue weighted by Crippen LogP contribution is 2.30. The molecule has 0 aliphatic carbocycles. The summed E-state index contributed by atoms with van der Waals surface area (Å²) in [6.45, 7) is 0. The summed E-state index contributed by atoms with van der Waals surface area (Å²) in [6.07, 6.45) is 2.71. The lowest BCUT2D eigenvalue weighted by Gasteiger charge is -2.12. The van der Waals surface area contributed by atoms with Gasteiger partial charge in [-0.3, -0.25) is 4.98 Å². The van der Waals surface area contributed by atoms with E-state index < -0.39 is 15.8 Å². The first-order valence-corrected chi connectivity index (χ1v) is 8.94. The summed E-state index contributed by atoms with van der Waals surface area (Å²) in [6, 6.07) is 11.5. The molecule has 0 spiro atoms. The summed E-state index contributed by atoms with van der Waals surface area (Å²) in [5.74, 6) is -0.603. The van der Waals surface area contributed by atoms with Gasteiger partial charge in [-0.05, 0) is 24.3 Å². The van der Waals surface area contributed by atoms with E-state index in [2.05, 4.69) is 9.97 Å². The van der Waals surface area contributed by atoms with Crippen molar-refractivity contribution in [2.45, 2.75) is 4.90 Å².